The van der Waals surface area contributed by atoms with E-state index < -0.39 is 5.82 Å². The molecule has 0 bridgehead atoms. The molecule has 0 aromatic heterocycles. The Hall–Kier alpha value is -2.11. The van der Waals surface area contributed by atoms with Gasteiger partial charge in [0.1, 0.15) is 5.82 Å². The van der Waals surface area contributed by atoms with Crippen LogP contribution in [0.15, 0.2) is 18.2 Å². The second kappa shape index (κ2) is 7.06. The third-order valence-corrected chi connectivity index (χ3v) is 3.41. The molecule has 0 saturated carbocycles. The molecule has 0 radical (unpaired) electrons. The lowest BCUT2D eigenvalue weighted by Gasteiger charge is -2.24. The van der Waals surface area contributed by atoms with E-state index in [1.54, 1.807) is 6.07 Å². The Labute approximate surface area is 123 Å². The summed E-state index contributed by atoms with van der Waals surface area (Å²) in [5.41, 5.74) is 0.525. The number of hydrogen-bond donors (Lipinski definition) is 3. The van der Waals surface area contributed by atoms with Crippen molar-refractivity contribution < 1.29 is 14.0 Å². The molecule has 1 unspecified atom stereocenters. The van der Waals surface area contributed by atoms with E-state index in [9.17, 15) is 14.0 Å². The summed E-state index contributed by atoms with van der Waals surface area (Å²) < 4.78 is 13.9. The van der Waals surface area contributed by atoms with Crippen LogP contribution in [0.1, 0.15) is 36.5 Å². The highest BCUT2D eigenvalue weighted by Gasteiger charge is 2.22. The van der Waals surface area contributed by atoms with Gasteiger partial charge in [0.25, 0.3) is 5.91 Å². The molecule has 21 heavy (non-hydrogen) atoms. The minimum absolute atomic E-state index is 0.00319. The Kier molecular flexibility index (Phi) is 5.14. The zero-order valence-electron chi connectivity index (χ0n) is 12.0. The van der Waals surface area contributed by atoms with Crippen LogP contribution in [0.3, 0.4) is 0 Å². The van der Waals surface area contributed by atoms with Crippen LogP contribution in [0, 0.1) is 5.82 Å². The first-order valence-electron chi connectivity index (χ1n) is 7.21. The second-order valence-corrected chi connectivity index (χ2v) is 5.10. The van der Waals surface area contributed by atoms with E-state index in [0.717, 1.165) is 6.42 Å². The van der Waals surface area contributed by atoms with E-state index in [-0.39, 0.29) is 23.5 Å². The molecule has 6 heteroatoms. The molecule has 1 aliphatic heterocycles. The number of carbonyl (C=O) groups is 2. The molecular weight excluding hydrogens is 273 g/mol. The lowest BCUT2D eigenvalue weighted by molar-refractivity contribution is -0.122. The standard InChI is InChI=1S/C15H20FN3O2/c1-2-8-17-14-11(4-3-5-12(14)16)15(21)19-10-6-7-13(20)18-9-10/h3-5,10,17H,2,6-9H2,1H3,(H,18,20)(H,19,21). The van der Waals surface area contributed by atoms with Gasteiger partial charge in [0.15, 0.2) is 0 Å². The minimum atomic E-state index is -0.437. The summed E-state index contributed by atoms with van der Waals surface area (Å²) in [6.07, 6.45) is 1.84. The number of hydrogen-bond acceptors (Lipinski definition) is 3. The Balaban J connectivity index is 2.07. The van der Waals surface area contributed by atoms with Crippen molar-refractivity contribution in [2.45, 2.75) is 32.2 Å². The number of benzene rings is 1. The molecular formula is C15H20FN3O2. The number of carbonyl (C=O) groups excluding carboxylic acids is 2. The molecule has 3 N–H and O–H groups in total. The van der Waals surface area contributed by atoms with Gasteiger partial charge in [0.05, 0.1) is 11.3 Å². The van der Waals surface area contributed by atoms with Gasteiger partial charge in [-0.15, -0.1) is 0 Å². The molecule has 1 aromatic carbocycles. The van der Waals surface area contributed by atoms with Gasteiger partial charge in [-0.3, -0.25) is 9.59 Å². The van der Waals surface area contributed by atoms with E-state index in [4.69, 9.17) is 0 Å². The third-order valence-electron chi connectivity index (χ3n) is 3.41. The molecule has 0 spiro atoms. The highest BCUT2D eigenvalue weighted by molar-refractivity contribution is 6.00. The molecule has 5 nitrogen and oxygen atoms in total. The van der Waals surface area contributed by atoms with Gasteiger partial charge in [-0.25, -0.2) is 4.39 Å². The average Bonchev–Trinajstić information content (AvgIpc) is 2.48. The maximum atomic E-state index is 13.9. The van der Waals surface area contributed by atoms with Gasteiger partial charge >= 0.3 is 0 Å². The average molecular weight is 293 g/mol. The number of halogens is 1. The van der Waals surface area contributed by atoms with Crippen molar-refractivity contribution in [3.05, 3.63) is 29.6 Å². The highest BCUT2D eigenvalue weighted by Crippen LogP contribution is 2.20. The van der Waals surface area contributed by atoms with Crippen molar-refractivity contribution in [1.29, 1.82) is 0 Å². The van der Waals surface area contributed by atoms with Crippen molar-refractivity contribution >= 4 is 17.5 Å². The van der Waals surface area contributed by atoms with Gasteiger partial charge in [-0.1, -0.05) is 13.0 Å². The maximum absolute atomic E-state index is 13.9. The van der Waals surface area contributed by atoms with Gasteiger partial charge in [-0.2, -0.15) is 0 Å². The fourth-order valence-electron chi connectivity index (χ4n) is 2.26. The number of rotatable bonds is 5. The highest BCUT2D eigenvalue weighted by atomic mass is 19.1. The van der Waals surface area contributed by atoms with E-state index in [0.29, 0.717) is 31.5 Å². The van der Waals surface area contributed by atoms with Crippen LogP contribution in [-0.2, 0) is 4.79 Å². The number of nitrogens with one attached hydrogen (secondary N) is 3. The summed E-state index contributed by atoms with van der Waals surface area (Å²) >= 11 is 0. The van der Waals surface area contributed by atoms with Crippen molar-refractivity contribution in [1.82, 2.24) is 10.6 Å². The van der Waals surface area contributed by atoms with Crippen LogP contribution in [-0.4, -0.2) is 30.9 Å². The van der Waals surface area contributed by atoms with Crippen LogP contribution in [0.5, 0.6) is 0 Å². The van der Waals surface area contributed by atoms with E-state index in [1.165, 1.54) is 12.1 Å². The third kappa shape index (κ3) is 3.93. The van der Waals surface area contributed by atoms with Crippen LogP contribution in [0.4, 0.5) is 10.1 Å². The maximum Gasteiger partial charge on any atom is 0.253 e. The predicted molar refractivity (Wildman–Crippen MR) is 78.7 cm³/mol. The van der Waals surface area contributed by atoms with E-state index in [2.05, 4.69) is 16.0 Å². The Morgan fingerprint density at radius 1 is 1.48 bits per heavy atom. The Morgan fingerprint density at radius 3 is 2.95 bits per heavy atom. The van der Waals surface area contributed by atoms with Crippen LogP contribution in [0.25, 0.3) is 0 Å². The fraction of sp³-hybridized carbons (Fsp3) is 0.467. The fourth-order valence-corrected chi connectivity index (χ4v) is 2.26. The van der Waals surface area contributed by atoms with Crippen LogP contribution < -0.4 is 16.0 Å². The summed E-state index contributed by atoms with van der Waals surface area (Å²) in [5, 5.41) is 8.50. The van der Waals surface area contributed by atoms with Gasteiger partial charge in [0.2, 0.25) is 5.91 Å². The lowest BCUT2D eigenvalue weighted by Crippen LogP contribution is -2.47. The molecule has 1 heterocycles. The SMILES string of the molecule is CCCNc1c(F)cccc1C(=O)NC1CCC(=O)NC1. The van der Waals surface area contributed by atoms with Crippen LogP contribution in [0.2, 0.25) is 0 Å². The first-order chi connectivity index (χ1) is 10.1. The number of amides is 2. The molecule has 2 amide bonds. The number of para-hydroxylation sites is 1. The Bertz CT molecular complexity index is 524. The molecule has 1 atom stereocenters. The monoisotopic (exact) mass is 293 g/mol. The number of anilines is 1. The summed E-state index contributed by atoms with van der Waals surface area (Å²) in [7, 11) is 0. The normalized spacial score (nSPS) is 18.0. The van der Waals surface area contributed by atoms with Crippen molar-refractivity contribution in [2.75, 3.05) is 18.4 Å². The van der Waals surface area contributed by atoms with Crippen LogP contribution >= 0.6 is 0 Å². The Morgan fingerprint density at radius 2 is 2.29 bits per heavy atom. The molecule has 0 aliphatic carbocycles. The molecule has 2 rings (SSSR count). The molecule has 1 aliphatic rings. The smallest absolute Gasteiger partial charge is 0.253 e. The summed E-state index contributed by atoms with van der Waals surface area (Å²) in [5.74, 6) is -0.765. The van der Waals surface area contributed by atoms with Gasteiger partial charge in [0, 0.05) is 25.6 Å². The topological polar surface area (TPSA) is 70.2 Å². The summed E-state index contributed by atoms with van der Waals surface area (Å²) in [4.78, 5) is 23.4. The summed E-state index contributed by atoms with van der Waals surface area (Å²) in [6, 6.07) is 4.33. The quantitative estimate of drug-likeness (QED) is 0.773. The summed E-state index contributed by atoms with van der Waals surface area (Å²) in [6.45, 7) is 2.98. The lowest BCUT2D eigenvalue weighted by atomic mass is 10.1. The molecule has 1 aromatic rings. The predicted octanol–water partition coefficient (Wildman–Crippen LogP) is 1.66. The van der Waals surface area contributed by atoms with Gasteiger partial charge in [-0.05, 0) is 25.0 Å². The molecule has 114 valence electrons. The first-order valence-corrected chi connectivity index (χ1v) is 7.21. The molecule has 1 saturated heterocycles. The zero-order valence-corrected chi connectivity index (χ0v) is 12.0. The van der Waals surface area contributed by atoms with E-state index in [1.807, 2.05) is 6.92 Å². The largest absolute Gasteiger partial charge is 0.382 e. The zero-order chi connectivity index (χ0) is 15.2. The minimum Gasteiger partial charge on any atom is -0.382 e. The van der Waals surface area contributed by atoms with Gasteiger partial charge < -0.3 is 16.0 Å². The van der Waals surface area contributed by atoms with E-state index >= 15 is 0 Å². The second-order valence-electron chi connectivity index (χ2n) is 5.10. The molecule has 1 fully saturated rings. The number of piperidine rings is 1. The van der Waals surface area contributed by atoms with Crippen molar-refractivity contribution in [2.24, 2.45) is 0 Å². The van der Waals surface area contributed by atoms with Crippen molar-refractivity contribution in [3.63, 3.8) is 0 Å². The first kappa shape index (κ1) is 15.3. The van der Waals surface area contributed by atoms with Crippen molar-refractivity contribution in [3.8, 4) is 0 Å².